The Morgan fingerprint density at radius 3 is 2.38 bits per heavy atom. The van der Waals surface area contributed by atoms with Crippen LogP contribution in [-0.4, -0.2) is 71.5 Å². The average Bonchev–Trinajstić information content (AvgIpc) is 2.63. The van der Waals surface area contributed by atoms with Crippen molar-refractivity contribution in [3.63, 3.8) is 0 Å². The summed E-state index contributed by atoms with van der Waals surface area (Å²) in [5, 5.41) is 0. The summed E-state index contributed by atoms with van der Waals surface area (Å²) in [7, 11) is 1.98. The van der Waals surface area contributed by atoms with Gasteiger partial charge in [-0.15, -0.1) is 0 Å². The molecule has 1 aliphatic heterocycles. The number of amides is 1. The molecule has 132 valence electrons. The van der Waals surface area contributed by atoms with Gasteiger partial charge in [-0.05, 0) is 37.7 Å². The molecule has 2 heterocycles. The second-order valence-electron chi connectivity index (χ2n) is 7.23. The Labute approximate surface area is 144 Å². The van der Waals surface area contributed by atoms with E-state index < -0.39 is 0 Å². The van der Waals surface area contributed by atoms with E-state index >= 15 is 0 Å². The first kappa shape index (κ1) is 17.1. The van der Waals surface area contributed by atoms with Gasteiger partial charge in [0.05, 0.1) is 6.54 Å². The Morgan fingerprint density at radius 2 is 1.75 bits per heavy atom. The van der Waals surface area contributed by atoms with Gasteiger partial charge in [-0.1, -0.05) is 6.92 Å². The van der Waals surface area contributed by atoms with E-state index in [1.807, 2.05) is 18.0 Å². The molecule has 0 radical (unpaired) electrons. The van der Waals surface area contributed by atoms with E-state index in [2.05, 4.69) is 26.7 Å². The molecule has 2 aliphatic rings. The Bertz CT molecular complexity index is 521. The number of nitrogens with zero attached hydrogens (tertiary/aromatic N) is 5. The highest BCUT2D eigenvalue weighted by molar-refractivity contribution is 5.78. The van der Waals surface area contributed by atoms with Crippen LogP contribution in [0.15, 0.2) is 18.5 Å². The smallest absolute Gasteiger partial charge is 0.236 e. The van der Waals surface area contributed by atoms with E-state index in [-0.39, 0.29) is 5.91 Å². The molecule has 0 aromatic carbocycles. The van der Waals surface area contributed by atoms with E-state index in [1.54, 1.807) is 12.4 Å². The van der Waals surface area contributed by atoms with Crippen LogP contribution in [0.3, 0.4) is 0 Å². The summed E-state index contributed by atoms with van der Waals surface area (Å²) in [5.74, 6) is 1.87. The highest BCUT2D eigenvalue weighted by Crippen LogP contribution is 2.26. The highest BCUT2D eigenvalue weighted by atomic mass is 16.2. The standard InChI is InChI=1S/C18H29N5O/c1-15-4-6-16(7-5-15)21(2)17(24)14-22-10-12-23(13-11-22)18-19-8-3-9-20-18/h3,8-9,15-16H,4-7,10-14H2,1-2H3. The Hall–Kier alpha value is -1.69. The van der Waals surface area contributed by atoms with Crippen molar-refractivity contribution in [1.82, 2.24) is 19.8 Å². The van der Waals surface area contributed by atoms with Crippen molar-refractivity contribution in [3.8, 4) is 0 Å². The number of carbonyl (C=O) groups is 1. The molecular formula is C18H29N5O. The van der Waals surface area contributed by atoms with Gasteiger partial charge in [-0.2, -0.15) is 0 Å². The lowest BCUT2D eigenvalue weighted by molar-refractivity contribution is -0.134. The van der Waals surface area contributed by atoms with Crippen LogP contribution in [0.4, 0.5) is 5.95 Å². The fraction of sp³-hybridized carbons (Fsp3) is 0.722. The van der Waals surface area contributed by atoms with Crippen molar-refractivity contribution in [2.45, 2.75) is 38.6 Å². The number of piperazine rings is 1. The molecule has 1 aromatic heterocycles. The highest BCUT2D eigenvalue weighted by Gasteiger charge is 2.27. The summed E-state index contributed by atoms with van der Waals surface area (Å²) in [5.41, 5.74) is 0. The van der Waals surface area contributed by atoms with Crippen molar-refractivity contribution in [2.75, 3.05) is 44.7 Å². The molecule has 0 atom stereocenters. The third kappa shape index (κ3) is 4.23. The van der Waals surface area contributed by atoms with Gasteiger partial charge in [0.25, 0.3) is 0 Å². The summed E-state index contributed by atoms with van der Waals surface area (Å²) in [6.07, 6.45) is 8.36. The fourth-order valence-corrected chi connectivity index (χ4v) is 3.70. The van der Waals surface area contributed by atoms with Gasteiger partial charge in [0.1, 0.15) is 0 Å². The molecule has 0 spiro atoms. The van der Waals surface area contributed by atoms with Gasteiger partial charge in [0, 0.05) is 51.7 Å². The summed E-state index contributed by atoms with van der Waals surface area (Å²) in [6, 6.07) is 2.27. The van der Waals surface area contributed by atoms with Gasteiger partial charge in [-0.25, -0.2) is 9.97 Å². The first-order valence-electron chi connectivity index (χ1n) is 9.13. The van der Waals surface area contributed by atoms with Crippen molar-refractivity contribution < 1.29 is 4.79 Å². The van der Waals surface area contributed by atoms with Crippen LogP contribution in [0.1, 0.15) is 32.6 Å². The summed E-state index contributed by atoms with van der Waals surface area (Å²) in [6.45, 7) is 6.38. The first-order chi connectivity index (χ1) is 11.6. The zero-order valence-corrected chi connectivity index (χ0v) is 14.9. The number of carbonyl (C=O) groups excluding carboxylic acids is 1. The molecule has 1 amide bonds. The van der Waals surface area contributed by atoms with Crippen molar-refractivity contribution in [2.24, 2.45) is 5.92 Å². The maximum absolute atomic E-state index is 12.6. The Balaban J connectivity index is 1.44. The molecule has 1 saturated heterocycles. The Kier molecular flexibility index (Phi) is 5.66. The average molecular weight is 331 g/mol. The lowest BCUT2D eigenvalue weighted by atomic mass is 9.87. The first-order valence-corrected chi connectivity index (χ1v) is 9.13. The molecule has 0 N–H and O–H groups in total. The zero-order chi connectivity index (χ0) is 16.9. The van der Waals surface area contributed by atoms with Crippen LogP contribution in [0.2, 0.25) is 0 Å². The molecule has 1 saturated carbocycles. The lowest BCUT2D eigenvalue weighted by Crippen LogP contribution is -2.51. The minimum absolute atomic E-state index is 0.263. The van der Waals surface area contributed by atoms with Crippen LogP contribution in [0.25, 0.3) is 0 Å². The second kappa shape index (κ2) is 7.92. The van der Waals surface area contributed by atoms with Crippen molar-refractivity contribution in [1.29, 1.82) is 0 Å². The van der Waals surface area contributed by atoms with Crippen LogP contribution >= 0.6 is 0 Å². The van der Waals surface area contributed by atoms with E-state index in [0.717, 1.165) is 50.9 Å². The molecule has 6 heteroatoms. The Morgan fingerprint density at radius 1 is 1.12 bits per heavy atom. The van der Waals surface area contributed by atoms with Crippen molar-refractivity contribution in [3.05, 3.63) is 18.5 Å². The molecule has 3 rings (SSSR count). The van der Waals surface area contributed by atoms with Crippen LogP contribution < -0.4 is 4.90 Å². The number of hydrogen-bond acceptors (Lipinski definition) is 5. The minimum atomic E-state index is 0.263. The normalized spacial score (nSPS) is 25.5. The summed E-state index contributed by atoms with van der Waals surface area (Å²) >= 11 is 0. The maximum atomic E-state index is 12.6. The summed E-state index contributed by atoms with van der Waals surface area (Å²) in [4.78, 5) is 27.6. The largest absolute Gasteiger partial charge is 0.342 e. The van der Waals surface area contributed by atoms with E-state index in [1.165, 1.54) is 12.8 Å². The molecule has 6 nitrogen and oxygen atoms in total. The SMILES string of the molecule is CC1CCC(N(C)C(=O)CN2CCN(c3ncccn3)CC2)CC1. The van der Waals surface area contributed by atoms with Gasteiger partial charge < -0.3 is 9.80 Å². The molecule has 24 heavy (non-hydrogen) atoms. The third-order valence-electron chi connectivity index (χ3n) is 5.49. The third-order valence-corrected chi connectivity index (χ3v) is 5.49. The predicted molar refractivity (Wildman–Crippen MR) is 94.9 cm³/mol. The zero-order valence-electron chi connectivity index (χ0n) is 14.9. The van der Waals surface area contributed by atoms with Crippen molar-refractivity contribution >= 4 is 11.9 Å². The van der Waals surface area contributed by atoms with E-state index in [4.69, 9.17) is 0 Å². The minimum Gasteiger partial charge on any atom is -0.342 e. The van der Waals surface area contributed by atoms with E-state index in [9.17, 15) is 4.79 Å². The molecule has 0 unspecified atom stereocenters. The number of anilines is 1. The van der Waals surface area contributed by atoms with E-state index in [0.29, 0.717) is 12.6 Å². The lowest BCUT2D eigenvalue weighted by Gasteiger charge is -2.37. The maximum Gasteiger partial charge on any atom is 0.236 e. The van der Waals surface area contributed by atoms with Crippen LogP contribution in [0.5, 0.6) is 0 Å². The number of likely N-dealkylation sites (N-methyl/N-ethyl adjacent to an activating group) is 1. The van der Waals surface area contributed by atoms with Gasteiger partial charge in [-0.3, -0.25) is 9.69 Å². The second-order valence-corrected chi connectivity index (χ2v) is 7.23. The monoisotopic (exact) mass is 331 g/mol. The molecule has 2 fully saturated rings. The van der Waals surface area contributed by atoms with Crippen LogP contribution in [0, 0.1) is 5.92 Å². The molecule has 0 bridgehead atoms. The van der Waals surface area contributed by atoms with Gasteiger partial charge in [0.15, 0.2) is 0 Å². The fourth-order valence-electron chi connectivity index (χ4n) is 3.70. The van der Waals surface area contributed by atoms with Gasteiger partial charge >= 0.3 is 0 Å². The quantitative estimate of drug-likeness (QED) is 0.839. The number of rotatable bonds is 4. The number of aromatic nitrogens is 2. The number of hydrogen-bond donors (Lipinski definition) is 0. The topological polar surface area (TPSA) is 52.6 Å². The predicted octanol–water partition coefficient (Wildman–Crippen LogP) is 1.64. The molecule has 1 aromatic rings. The summed E-state index contributed by atoms with van der Waals surface area (Å²) < 4.78 is 0. The molecule has 1 aliphatic carbocycles. The van der Waals surface area contributed by atoms with Gasteiger partial charge in [0.2, 0.25) is 11.9 Å². The van der Waals surface area contributed by atoms with Crippen LogP contribution in [-0.2, 0) is 4.79 Å². The molecular weight excluding hydrogens is 302 g/mol.